The fraction of sp³-hybridized carbons (Fsp3) is 0.409. The van der Waals surface area contributed by atoms with E-state index in [1.54, 1.807) is 25.1 Å². The zero-order valence-electron chi connectivity index (χ0n) is 17.1. The number of nitrogens with zero attached hydrogens (tertiary/aromatic N) is 1. The number of allylic oxidation sites excluding steroid dienone is 3. The molecule has 1 aliphatic carbocycles. The van der Waals surface area contributed by atoms with E-state index in [9.17, 15) is 14.9 Å². The zero-order valence-corrected chi connectivity index (χ0v) is 18.7. The number of carbonyl (C=O) groups excluding carboxylic acids is 2. The third-order valence-corrected chi connectivity index (χ3v) is 5.50. The van der Waals surface area contributed by atoms with Gasteiger partial charge in [0.15, 0.2) is 12.4 Å². The van der Waals surface area contributed by atoms with Crippen LogP contribution in [0.1, 0.15) is 45.1 Å². The second-order valence-electron chi connectivity index (χ2n) is 7.98. The van der Waals surface area contributed by atoms with Gasteiger partial charge in [0, 0.05) is 28.5 Å². The number of hydrogen-bond donors (Lipinski definition) is 1. The summed E-state index contributed by atoms with van der Waals surface area (Å²) in [6.45, 7) is 5.63. The molecule has 1 aromatic carbocycles. The van der Waals surface area contributed by atoms with Gasteiger partial charge in [-0.25, -0.2) is 4.79 Å². The second-order valence-corrected chi connectivity index (χ2v) is 8.89. The summed E-state index contributed by atoms with van der Waals surface area (Å²) in [5.74, 6) is -0.524. The molecule has 0 unspecified atom stereocenters. The van der Waals surface area contributed by atoms with E-state index in [0.29, 0.717) is 35.5 Å². The average Bonchev–Trinajstić information content (AvgIpc) is 2.65. The lowest BCUT2D eigenvalue weighted by Gasteiger charge is -2.37. The summed E-state index contributed by atoms with van der Waals surface area (Å²) in [6.07, 6.45) is 0.855. The minimum atomic E-state index is -0.739. The summed E-state index contributed by atoms with van der Waals surface area (Å²) < 4.78 is 17.1. The number of nitrogens with two attached hydrogens (primary N) is 1. The molecule has 0 aromatic heterocycles. The number of benzene rings is 1. The molecule has 7 nitrogen and oxygen atoms in total. The molecule has 2 N–H and O–H groups in total. The van der Waals surface area contributed by atoms with Gasteiger partial charge in [-0.1, -0.05) is 29.8 Å². The second kappa shape index (κ2) is 8.52. The van der Waals surface area contributed by atoms with Crippen molar-refractivity contribution < 1.29 is 23.8 Å². The molecule has 0 saturated carbocycles. The van der Waals surface area contributed by atoms with Gasteiger partial charge in [0.05, 0.1) is 12.5 Å². The minimum absolute atomic E-state index is 0.0249. The van der Waals surface area contributed by atoms with E-state index in [0.717, 1.165) is 4.47 Å². The van der Waals surface area contributed by atoms with E-state index in [-0.39, 0.29) is 35.9 Å². The molecule has 2 aliphatic rings. The van der Waals surface area contributed by atoms with E-state index in [1.807, 2.05) is 13.8 Å². The van der Waals surface area contributed by atoms with Crippen LogP contribution in [0.15, 0.2) is 45.5 Å². The molecule has 0 bridgehead atoms. The zero-order chi connectivity index (χ0) is 22.1. The summed E-state index contributed by atoms with van der Waals surface area (Å²) >= 11 is 3.44. The normalized spacial score (nSPS) is 20.2. The summed E-state index contributed by atoms with van der Waals surface area (Å²) in [5.41, 5.74) is 6.91. The molecule has 0 radical (unpaired) electrons. The van der Waals surface area contributed by atoms with Crippen LogP contribution in [0.3, 0.4) is 0 Å². The van der Waals surface area contributed by atoms with Gasteiger partial charge >= 0.3 is 5.97 Å². The fourth-order valence-electron chi connectivity index (χ4n) is 3.81. The number of rotatable bonds is 5. The summed E-state index contributed by atoms with van der Waals surface area (Å²) in [7, 11) is 0. The fourth-order valence-corrected chi connectivity index (χ4v) is 4.19. The number of ether oxygens (including phenoxy) is 3. The lowest BCUT2D eigenvalue weighted by atomic mass is 9.70. The van der Waals surface area contributed by atoms with E-state index in [2.05, 4.69) is 22.0 Å². The molecule has 1 aromatic rings. The maximum atomic E-state index is 13.1. The first-order chi connectivity index (χ1) is 14.2. The number of esters is 1. The van der Waals surface area contributed by atoms with E-state index < -0.39 is 11.9 Å². The predicted molar refractivity (Wildman–Crippen MR) is 112 cm³/mol. The van der Waals surface area contributed by atoms with Gasteiger partial charge in [-0.3, -0.25) is 4.79 Å². The van der Waals surface area contributed by atoms with Crippen LogP contribution in [0.4, 0.5) is 0 Å². The standard InChI is InChI=1S/C22H23BrN2O5/c1-4-28-18(27)11-29-16-6-5-12(23)7-13(16)19-14(10-24)21(25)30-17-9-22(2,3)8-15(26)20(17)19/h5-7,19H,4,8-9,11,25H2,1-3H3/t19-/m0/s1. The third-order valence-electron chi connectivity index (χ3n) is 5.01. The number of hydrogen-bond acceptors (Lipinski definition) is 7. The first-order valence-electron chi connectivity index (χ1n) is 9.58. The van der Waals surface area contributed by atoms with Gasteiger partial charge in [-0.15, -0.1) is 0 Å². The number of halogens is 1. The highest BCUT2D eigenvalue weighted by Crippen LogP contribution is 2.49. The highest BCUT2D eigenvalue weighted by molar-refractivity contribution is 9.10. The first kappa shape index (κ1) is 21.9. The Hall–Kier alpha value is -2.79. The molecule has 8 heteroatoms. The third kappa shape index (κ3) is 4.36. The molecule has 3 rings (SSSR count). The molecule has 0 spiro atoms. The van der Waals surface area contributed by atoms with Gasteiger partial charge in [-0.2, -0.15) is 5.26 Å². The quantitative estimate of drug-likeness (QED) is 0.644. The van der Waals surface area contributed by atoms with Gasteiger partial charge in [0.25, 0.3) is 0 Å². The Kier molecular flexibility index (Phi) is 6.22. The molecule has 158 valence electrons. The van der Waals surface area contributed by atoms with Crippen molar-refractivity contribution >= 4 is 27.7 Å². The monoisotopic (exact) mass is 474 g/mol. The van der Waals surface area contributed by atoms with Crippen LogP contribution in [-0.4, -0.2) is 25.0 Å². The first-order valence-corrected chi connectivity index (χ1v) is 10.4. The highest BCUT2D eigenvalue weighted by atomic mass is 79.9. The van der Waals surface area contributed by atoms with Crippen molar-refractivity contribution in [3.63, 3.8) is 0 Å². The van der Waals surface area contributed by atoms with E-state index >= 15 is 0 Å². The molecule has 30 heavy (non-hydrogen) atoms. The molecular formula is C22H23BrN2O5. The van der Waals surface area contributed by atoms with Crippen molar-refractivity contribution in [3.8, 4) is 11.8 Å². The summed E-state index contributed by atoms with van der Waals surface area (Å²) in [6, 6.07) is 7.28. The Morgan fingerprint density at radius 3 is 2.80 bits per heavy atom. The lowest BCUT2D eigenvalue weighted by Crippen LogP contribution is -2.33. The van der Waals surface area contributed by atoms with Crippen molar-refractivity contribution in [3.05, 3.63) is 51.0 Å². The average molecular weight is 475 g/mol. The van der Waals surface area contributed by atoms with Crippen LogP contribution >= 0.6 is 15.9 Å². The predicted octanol–water partition coefficient (Wildman–Crippen LogP) is 3.84. The summed E-state index contributed by atoms with van der Waals surface area (Å²) in [4.78, 5) is 24.9. The van der Waals surface area contributed by atoms with E-state index in [1.165, 1.54) is 0 Å². The van der Waals surface area contributed by atoms with Crippen LogP contribution in [0.2, 0.25) is 0 Å². The van der Waals surface area contributed by atoms with Crippen molar-refractivity contribution in [1.29, 1.82) is 5.26 Å². The van der Waals surface area contributed by atoms with Crippen LogP contribution in [-0.2, 0) is 19.1 Å². The van der Waals surface area contributed by atoms with Crippen molar-refractivity contribution in [1.82, 2.24) is 0 Å². The van der Waals surface area contributed by atoms with Crippen LogP contribution < -0.4 is 10.5 Å². The minimum Gasteiger partial charge on any atom is -0.482 e. The largest absolute Gasteiger partial charge is 0.482 e. The molecule has 0 amide bonds. The van der Waals surface area contributed by atoms with Crippen LogP contribution in [0.5, 0.6) is 5.75 Å². The smallest absolute Gasteiger partial charge is 0.344 e. The highest BCUT2D eigenvalue weighted by Gasteiger charge is 2.43. The topological polar surface area (TPSA) is 112 Å². The molecule has 0 fully saturated rings. The van der Waals surface area contributed by atoms with Gasteiger partial charge in [0.2, 0.25) is 5.88 Å². The molecule has 1 heterocycles. The van der Waals surface area contributed by atoms with Gasteiger partial charge < -0.3 is 19.9 Å². The van der Waals surface area contributed by atoms with Crippen LogP contribution in [0, 0.1) is 16.7 Å². The van der Waals surface area contributed by atoms with Gasteiger partial charge in [0.1, 0.15) is 23.2 Å². The molecular weight excluding hydrogens is 452 g/mol. The number of carbonyl (C=O) groups is 2. The lowest BCUT2D eigenvalue weighted by molar-refractivity contribution is -0.145. The van der Waals surface area contributed by atoms with Gasteiger partial charge in [-0.05, 0) is 30.5 Å². The Labute approximate surface area is 183 Å². The number of Topliss-reactive ketones (excluding diaryl/α,β-unsaturated/α-hetero) is 1. The number of ketones is 1. The van der Waals surface area contributed by atoms with E-state index in [4.69, 9.17) is 19.9 Å². The Bertz CT molecular complexity index is 1000. The maximum absolute atomic E-state index is 13.1. The maximum Gasteiger partial charge on any atom is 0.344 e. The van der Waals surface area contributed by atoms with Crippen molar-refractivity contribution in [2.75, 3.05) is 13.2 Å². The van der Waals surface area contributed by atoms with Crippen molar-refractivity contribution in [2.24, 2.45) is 11.1 Å². The van der Waals surface area contributed by atoms with Crippen LogP contribution in [0.25, 0.3) is 0 Å². The molecule has 0 saturated heterocycles. The molecule has 1 aliphatic heterocycles. The SMILES string of the molecule is CCOC(=O)COc1ccc(Br)cc1[C@H]1C(C#N)=C(N)OC2=C1C(=O)CC(C)(C)C2. The Morgan fingerprint density at radius 2 is 2.13 bits per heavy atom. The molecule has 1 atom stereocenters. The summed E-state index contributed by atoms with van der Waals surface area (Å²) in [5, 5.41) is 9.79. The Balaban J connectivity index is 2.11. The number of nitriles is 1. The Morgan fingerprint density at radius 1 is 1.40 bits per heavy atom. The van der Waals surface area contributed by atoms with Crippen molar-refractivity contribution in [2.45, 2.75) is 39.5 Å².